The Kier molecular flexibility index (Phi) is 5.88. The number of pyridine rings is 1. The number of ether oxygens (including phenoxy) is 1. The van der Waals surface area contributed by atoms with E-state index in [9.17, 15) is 15.0 Å². The third-order valence-electron chi connectivity index (χ3n) is 3.75. The molecule has 1 amide bonds. The molecular formula is C16H24N2O4. The van der Waals surface area contributed by atoms with Crippen LogP contribution < -0.4 is 0 Å². The van der Waals surface area contributed by atoms with E-state index in [-0.39, 0.29) is 18.4 Å². The Balaban J connectivity index is 2.10. The van der Waals surface area contributed by atoms with Gasteiger partial charge in [0.2, 0.25) is 0 Å². The van der Waals surface area contributed by atoms with Crippen LogP contribution in [0.25, 0.3) is 0 Å². The molecule has 1 aromatic heterocycles. The van der Waals surface area contributed by atoms with E-state index in [0.29, 0.717) is 31.2 Å². The molecule has 2 N–H and O–H groups in total. The summed E-state index contributed by atoms with van der Waals surface area (Å²) in [5, 5.41) is 19.8. The van der Waals surface area contributed by atoms with Crippen molar-refractivity contribution in [3.05, 3.63) is 30.1 Å². The van der Waals surface area contributed by atoms with Crippen LogP contribution in [0.2, 0.25) is 0 Å². The van der Waals surface area contributed by atoms with E-state index in [0.717, 1.165) is 0 Å². The second kappa shape index (κ2) is 7.67. The molecule has 1 aliphatic rings. The summed E-state index contributed by atoms with van der Waals surface area (Å²) in [5.74, 6) is -0.0750. The van der Waals surface area contributed by atoms with Gasteiger partial charge in [0.05, 0.1) is 19.3 Å². The highest BCUT2D eigenvalue weighted by Gasteiger charge is 2.33. The van der Waals surface area contributed by atoms with Gasteiger partial charge < -0.3 is 19.8 Å². The quantitative estimate of drug-likeness (QED) is 0.830. The van der Waals surface area contributed by atoms with Crippen LogP contribution >= 0.6 is 0 Å². The number of aliphatic hydroxyl groups excluding tert-OH is 2. The maximum absolute atomic E-state index is 12.7. The van der Waals surface area contributed by atoms with Gasteiger partial charge in [0.15, 0.2) is 0 Å². The van der Waals surface area contributed by atoms with Gasteiger partial charge >= 0.3 is 0 Å². The van der Waals surface area contributed by atoms with E-state index >= 15 is 0 Å². The van der Waals surface area contributed by atoms with Crippen LogP contribution in [-0.2, 0) is 4.74 Å². The number of nitrogens with zero attached hydrogens (tertiary/aromatic N) is 2. The van der Waals surface area contributed by atoms with Crippen molar-refractivity contribution in [3.63, 3.8) is 0 Å². The van der Waals surface area contributed by atoms with Crippen LogP contribution in [0.3, 0.4) is 0 Å². The molecule has 0 spiro atoms. The summed E-state index contributed by atoms with van der Waals surface area (Å²) < 4.78 is 5.30. The molecule has 1 aromatic rings. The van der Waals surface area contributed by atoms with Crippen molar-refractivity contribution in [1.82, 2.24) is 9.88 Å². The largest absolute Gasteiger partial charge is 0.390 e. The Hall–Kier alpha value is -1.50. The topological polar surface area (TPSA) is 82.9 Å². The van der Waals surface area contributed by atoms with Gasteiger partial charge in [0.1, 0.15) is 6.10 Å². The van der Waals surface area contributed by atoms with Gasteiger partial charge in [-0.2, -0.15) is 0 Å². The van der Waals surface area contributed by atoms with Gasteiger partial charge in [-0.05, 0) is 18.1 Å². The summed E-state index contributed by atoms with van der Waals surface area (Å²) >= 11 is 0. The Labute approximate surface area is 130 Å². The fraction of sp³-hybridized carbons (Fsp3) is 0.625. The number of carbonyl (C=O) groups is 1. The molecule has 2 heterocycles. The van der Waals surface area contributed by atoms with Gasteiger partial charge in [0, 0.05) is 37.0 Å². The Bertz CT molecular complexity index is 480. The number of aliphatic hydroxyl groups is 2. The monoisotopic (exact) mass is 308 g/mol. The van der Waals surface area contributed by atoms with Crippen molar-refractivity contribution in [2.75, 3.05) is 26.3 Å². The molecule has 0 saturated carbocycles. The minimum absolute atomic E-state index is 0.0941. The highest BCUT2D eigenvalue weighted by atomic mass is 16.5. The number of carbonyl (C=O) groups excluding carboxylic acids is 1. The molecule has 0 aromatic carbocycles. The van der Waals surface area contributed by atoms with E-state index in [1.54, 1.807) is 29.4 Å². The molecule has 122 valence electrons. The molecule has 1 fully saturated rings. The molecule has 6 heteroatoms. The lowest BCUT2D eigenvalue weighted by atomic mass is 9.95. The smallest absolute Gasteiger partial charge is 0.253 e. The maximum Gasteiger partial charge on any atom is 0.253 e. The first-order valence-electron chi connectivity index (χ1n) is 7.62. The number of rotatable bonds is 5. The second-order valence-corrected chi connectivity index (χ2v) is 6.20. The number of hydrogen-bond acceptors (Lipinski definition) is 5. The minimum Gasteiger partial charge on any atom is -0.390 e. The lowest BCUT2D eigenvalue weighted by molar-refractivity contribution is -0.124. The summed E-state index contributed by atoms with van der Waals surface area (Å²) in [6, 6.07) is 3.36. The minimum atomic E-state index is -0.893. The summed E-state index contributed by atoms with van der Waals surface area (Å²) in [6.45, 7) is 5.50. The predicted octanol–water partition coefficient (Wildman–Crippen LogP) is 0.548. The van der Waals surface area contributed by atoms with Gasteiger partial charge in [-0.1, -0.05) is 13.8 Å². The molecule has 2 rings (SSSR count). The normalized spacial score (nSPS) is 25.2. The highest BCUT2D eigenvalue weighted by molar-refractivity contribution is 5.94. The summed E-state index contributed by atoms with van der Waals surface area (Å²) in [7, 11) is 0. The van der Waals surface area contributed by atoms with Crippen LogP contribution in [0.15, 0.2) is 24.5 Å². The third kappa shape index (κ3) is 4.25. The molecule has 22 heavy (non-hydrogen) atoms. The van der Waals surface area contributed by atoms with Crippen molar-refractivity contribution in [3.8, 4) is 0 Å². The molecule has 0 bridgehead atoms. The van der Waals surface area contributed by atoms with Crippen LogP contribution in [0.4, 0.5) is 0 Å². The Morgan fingerprint density at radius 1 is 1.36 bits per heavy atom. The molecule has 1 aliphatic heterocycles. The highest BCUT2D eigenvalue weighted by Crippen LogP contribution is 2.19. The Morgan fingerprint density at radius 2 is 2.05 bits per heavy atom. The van der Waals surface area contributed by atoms with Gasteiger partial charge in [-0.15, -0.1) is 0 Å². The van der Waals surface area contributed by atoms with Crippen molar-refractivity contribution in [2.24, 2.45) is 11.8 Å². The SMILES string of the molecule is CC(C)CN(C[C@@H]1COC[C@@H](O)[C@H]1O)C(=O)c1ccncc1. The van der Waals surface area contributed by atoms with E-state index in [1.807, 2.05) is 13.8 Å². The third-order valence-corrected chi connectivity index (χ3v) is 3.75. The van der Waals surface area contributed by atoms with Gasteiger partial charge in [-0.3, -0.25) is 9.78 Å². The van der Waals surface area contributed by atoms with Crippen molar-refractivity contribution >= 4 is 5.91 Å². The molecular weight excluding hydrogens is 284 g/mol. The molecule has 3 atom stereocenters. The van der Waals surface area contributed by atoms with Gasteiger partial charge in [0.25, 0.3) is 5.91 Å². The molecule has 1 saturated heterocycles. The maximum atomic E-state index is 12.7. The number of hydrogen-bond donors (Lipinski definition) is 2. The fourth-order valence-corrected chi connectivity index (χ4v) is 2.65. The zero-order valence-corrected chi connectivity index (χ0v) is 13.1. The molecule has 0 unspecified atom stereocenters. The first kappa shape index (κ1) is 16.9. The first-order chi connectivity index (χ1) is 10.5. The lowest BCUT2D eigenvalue weighted by Gasteiger charge is -2.36. The van der Waals surface area contributed by atoms with Crippen LogP contribution in [-0.4, -0.2) is 64.5 Å². The van der Waals surface area contributed by atoms with Crippen molar-refractivity contribution < 1.29 is 19.7 Å². The molecule has 0 aliphatic carbocycles. The average Bonchev–Trinajstić information content (AvgIpc) is 2.51. The number of amides is 1. The fourth-order valence-electron chi connectivity index (χ4n) is 2.65. The average molecular weight is 308 g/mol. The number of aromatic nitrogens is 1. The van der Waals surface area contributed by atoms with E-state index in [4.69, 9.17) is 4.74 Å². The standard InChI is InChI=1S/C16H24N2O4/c1-11(2)7-18(16(21)12-3-5-17-6-4-12)8-13-9-22-10-14(19)15(13)20/h3-6,11,13-15,19-20H,7-10H2,1-2H3/t13-,14-,15+/m1/s1. The molecule has 6 nitrogen and oxygen atoms in total. The predicted molar refractivity (Wildman–Crippen MR) is 81.3 cm³/mol. The summed E-state index contributed by atoms with van der Waals surface area (Å²) in [4.78, 5) is 18.3. The summed E-state index contributed by atoms with van der Waals surface area (Å²) in [5.41, 5.74) is 0.572. The summed E-state index contributed by atoms with van der Waals surface area (Å²) in [6.07, 6.45) is 1.41. The van der Waals surface area contributed by atoms with Crippen molar-refractivity contribution in [2.45, 2.75) is 26.1 Å². The van der Waals surface area contributed by atoms with Crippen molar-refractivity contribution in [1.29, 1.82) is 0 Å². The zero-order chi connectivity index (χ0) is 16.1. The van der Waals surface area contributed by atoms with E-state index < -0.39 is 12.2 Å². The van der Waals surface area contributed by atoms with Crippen LogP contribution in [0.5, 0.6) is 0 Å². The second-order valence-electron chi connectivity index (χ2n) is 6.20. The van der Waals surface area contributed by atoms with Crippen LogP contribution in [0.1, 0.15) is 24.2 Å². The zero-order valence-electron chi connectivity index (χ0n) is 13.1. The van der Waals surface area contributed by atoms with Crippen LogP contribution in [0, 0.1) is 11.8 Å². The van der Waals surface area contributed by atoms with Gasteiger partial charge in [-0.25, -0.2) is 0 Å². The molecule has 0 radical (unpaired) electrons. The Morgan fingerprint density at radius 3 is 2.68 bits per heavy atom. The van der Waals surface area contributed by atoms with E-state index in [2.05, 4.69) is 4.98 Å². The first-order valence-corrected chi connectivity index (χ1v) is 7.62. The lowest BCUT2D eigenvalue weighted by Crippen LogP contribution is -2.50. The van der Waals surface area contributed by atoms with E-state index in [1.165, 1.54) is 0 Å².